The van der Waals surface area contributed by atoms with E-state index in [9.17, 15) is 13.2 Å². The first kappa shape index (κ1) is 29.3. The molecule has 0 aromatic heterocycles. The van der Waals surface area contributed by atoms with Crippen molar-refractivity contribution in [3.05, 3.63) is 60.2 Å². The summed E-state index contributed by atoms with van der Waals surface area (Å²) < 4.78 is 61.3. The lowest BCUT2D eigenvalue weighted by Gasteiger charge is -2.26. The number of hydrogen-bond donors (Lipinski definition) is 1. The first-order valence-corrected chi connectivity index (χ1v) is 13.9. The van der Waals surface area contributed by atoms with Crippen molar-refractivity contribution >= 4 is 27.3 Å². The van der Waals surface area contributed by atoms with Gasteiger partial charge in [-0.3, -0.25) is 9.10 Å². The van der Waals surface area contributed by atoms with Crippen molar-refractivity contribution in [2.24, 2.45) is 5.10 Å². The zero-order valence-corrected chi connectivity index (χ0v) is 24.1. The Kier molecular flexibility index (Phi) is 9.07. The number of amides is 1. The molecule has 3 aromatic carbocycles. The molecule has 0 aliphatic carbocycles. The molecule has 12 nitrogen and oxygen atoms in total. The second-order valence-corrected chi connectivity index (χ2v) is 10.5. The van der Waals surface area contributed by atoms with E-state index in [0.29, 0.717) is 47.5 Å². The van der Waals surface area contributed by atoms with Gasteiger partial charge in [0.05, 0.1) is 44.7 Å². The van der Waals surface area contributed by atoms with Crippen molar-refractivity contribution in [2.45, 2.75) is 11.8 Å². The van der Waals surface area contributed by atoms with E-state index in [0.717, 1.165) is 4.31 Å². The van der Waals surface area contributed by atoms with Crippen molar-refractivity contribution in [1.29, 1.82) is 0 Å². The molecule has 0 radical (unpaired) electrons. The van der Waals surface area contributed by atoms with Gasteiger partial charge in [0.25, 0.3) is 15.9 Å². The summed E-state index contributed by atoms with van der Waals surface area (Å²) in [5, 5.41) is 4.18. The molecule has 0 saturated carbocycles. The Morgan fingerprint density at radius 1 is 0.854 bits per heavy atom. The molecule has 1 aliphatic heterocycles. The van der Waals surface area contributed by atoms with Gasteiger partial charge in [-0.1, -0.05) is 0 Å². The molecular weight excluding hydrogens is 554 g/mol. The smallest absolute Gasteiger partial charge is 0.265 e. The van der Waals surface area contributed by atoms with Crippen LogP contribution < -0.4 is 38.2 Å². The lowest BCUT2D eigenvalue weighted by Crippen LogP contribution is -2.40. The van der Waals surface area contributed by atoms with E-state index in [1.54, 1.807) is 37.3 Å². The summed E-state index contributed by atoms with van der Waals surface area (Å²) in [4.78, 5) is 13.0. The minimum absolute atomic E-state index is 0.0873. The number of hydrazone groups is 1. The molecule has 3 aromatic rings. The van der Waals surface area contributed by atoms with Crippen LogP contribution in [0.3, 0.4) is 0 Å². The normalized spacial score (nSPS) is 12.8. The van der Waals surface area contributed by atoms with Crippen LogP contribution in [0.2, 0.25) is 0 Å². The number of benzene rings is 3. The zero-order valence-electron chi connectivity index (χ0n) is 23.3. The summed E-state index contributed by atoms with van der Waals surface area (Å²) in [5.41, 5.74) is 3.70. The van der Waals surface area contributed by atoms with Crippen LogP contribution in [-0.4, -0.2) is 68.2 Å². The summed E-state index contributed by atoms with van der Waals surface area (Å²) in [5.74, 6) is 1.62. The summed E-state index contributed by atoms with van der Waals surface area (Å²) in [7, 11) is 1.34. The van der Waals surface area contributed by atoms with Crippen LogP contribution in [-0.2, 0) is 14.8 Å². The van der Waals surface area contributed by atoms with E-state index >= 15 is 0 Å². The highest BCUT2D eigenvalue weighted by Crippen LogP contribution is 2.37. The van der Waals surface area contributed by atoms with Gasteiger partial charge in [0, 0.05) is 17.7 Å². The van der Waals surface area contributed by atoms with Gasteiger partial charge in [0.2, 0.25) is 0 Å². The molecule has 4 rings (SSSR count). The molecule has 0 atom stereocenters. The largest absolute Gasteiger partial charge is 0.497 e. The van der Waals surface area contributed by atoms with Gasteiger partial charge in [-0.25, -0.2) is 13.8 Å². The Bertz CT molecular complexity index is 1560. The molecule has 1 N–H and O–H groups in total. The highest BCUT2D eigenvalue weighted by Gasteiger charge is 2.31. The standard InChI is InChI=1S/C28H31N3O9S/c1-18(19-6-9-25-27(14-19)40-13-12-39-25)29-30-28(32)17-31(22-15-20(35-2)7-10-23(22)36-3)41(33,34)21-8-11-24(37-4)26(16-21)38-5/h6-11,14-16H,12-13,17H2,1-5H3,(H,30,32)/b29-18-. The summed E-state index contributed by atoms with van der Waals surface area (Å²) in [6, 6.07) is 14.1. The minimum atomic E-state index is -4.34. The Balaban J connectivity index is 1.67. The van der Waals surface area contributed by atoms with Crippen molar-refractivity contribution in [3.63, 3.8) is 0 Å². The molecule has 0 saturated heterocycles. The molecule has 1 heterocycles. The molecular formula is C28H31N3O9S. The van der Waals surface area contributed by atoms with Crippen LogP contribution in [0.4, 0.5) is 5.69 Å². The predicted octanol–water partition coefficient (Wildman–Crippen LogP) is 3.23. The van der Waals surface area contributed by atoms with E-state index in [1.165, 1.54) is 52.7 Å². The number of methoxy groups -OCH3 is 4. The molecule has 1 amide bonds. The van der Waals surface area contributed by atoms with Gasteiger partial charge in [-0.05, 0) is 49.4 Å². The molecule has 218 valence electrons. The van der Waals surface area contributed by atoms with E-state index in [2.05, 4.69) is 10.5 Å². The van der Waals surface area contributed by atoms with Crippen molar-refractivity contribution in [1.82, 2.24) is 5.43 Å². The third-order valence-electron chi connectivity index (χ3n) is 6.19. The molecule has 0 unspecified atom stereocenters. The van der Waals surface area contributed by atoms with Gasteiger partial charge in [0.15, 0.2) is 23.0 Å². The van der Waals surface area contributed by atoms with E-state index in [4.69, 9.17) is 28.4 Å². The summed E-state index contributed by atoms with van der Waals surface area (Å²) >= 11 is 0. The zero-order chi connectivity index (χ0) is 29.6. The third-order valence-corrected chi connectivity index (χ3v) is 7.95. The highest BCUT2D eigenvalue weighted by atomic mass is 32.2. The van der Waals surface area contributed by atoms with Crippen LogP contribution in [0.25, 0.3) is 0 Å². The Hall–Kier alpha value is -4.65. The van der Waals surface area contributed by atoms with Crippen LogP contribution in [0.1, 0.15) is 12.5 Å². The summed E-state index contributed by atoms with van der Waals surface area (Å²) in [6.45, 7) is 1.98. The molecule has 13 heteroatoms. The molecule has 0 fully saturated rings. The molecule has 0 spiro atoms. The fourth-order valence-electron chi connectivity index (χ4n) is 4.04. The summed E-state index contributed by atoms with van der Waals surface area (Å²) in [6.07, 6.45) is 0. The lowest BCUT2D eigenvalue weighted by molar-refractivity contribution is -0.119. The number of nitrogens with one attached hydrogen (secondary N) is 1. The van der Waals surface area contributed by atoms with E-state index < -0.39 is 22.5 Å². The topological polar surface area (TPSA) is 134 Å². The number of ether oxygens (including phenoxy) is 6. The highest BCUT2D eigenvalue weighted by molar-refractivity contribution is 7.92. The van der Waals surface area contributed by atoms with Crippen molar-refractivity contribution in [3.8, 4) is 34.5 Å². The third kappa shape index (κ3) is 6.40. The number of hydrogen-bond acceptors (Lipinski definition) is 10. The molecule has 1 aliphatic rings. The van der Waals surface area contributed by atoms with Gasteiger partial charge in [0.1, 0.15) is 31.3 Å². The van der Waals surface area contributed by atoms with Crippen LogP contribution >= 0.6 is 0 Å². The minimum Gasteiger partial charge on any atom is -0.497 e. The van der Waals surface area contributed by atoms with Gasteiger partial charge in [-0.15, -0.1) is 0 Å². The number of rotatable bonds is 11. The average Bonchev–Trinajstić information content (AvgIpc) is 3.01. The Morgan fingerprint density at radius 3 is 2.22 bits per heavy atom. The molecule has 0 bridgehead atoms. The number of carbonyl (C=O) groups is 1. The van der Waals surface area contributed by atoms with Gasteiger partial charge < -0.3 is 28.4 Å². The number of fused-ring (bicyclic) bond motifs is 1. The molecule has 41 heavy (non-hydrogen) atoms. The first-order chi connectivity index (χ1) is 19.7. The fraction of sp³-hybridized carbons (Fsp3) is 0.286. The first-order valence-electron chi connectivity index (χ1n) is 12.4. The number of carbonyl (C=O) groups excluding carboxylic acids is 1. The van der Waals surface area contributed by atoms with Crippen molar-refractivity contribution in [2.75, 3.05) is 52.5 Å². The Labute approximate surface area is 238 Å². The van der Waals surface area contributed by atoms with Gasteiger partial charge >= 0.3 is 0 Å². The van der Waals surface area contributed by atoms with Crippen LogP contribution in [0.5, 0.6) is 34.5 Å². The maximum atomic E-state index is 14.0. The van der Waals surface area contributed by atoms with Crippen molar-refractivity contribution < 1.29 is 41.6 Å². The van der Waals surface area contributed by atoms with Gasteiger partial charge in [-0.2, -0.15) is 5.10 Å². The predicted molar refractivity (Wildman–Crippen MR) is 151 cm³/mol. The fourth-order valence-corrected chi connectivity index (χ4v) is 5.48. The number of nitrogens with zero attached hydrogens (tertiary/aromatic N) is 2. The van der Waals surface area contributed by atoms with E-state index in [1.807, 2.05) is 0 Å². The van der Waals surface area contributed by atoms with Crippen LogP contribution in [0, 0.1) is 0 Å². The average molecular weight is 586 g/mol. The second kappa shape index (κ2) is 12.7. The maximum Gasteiger partial charge on any atom is 0.265 e. The monoisotopic (exact) mass is 585 g/mol. The van der Waals surface area contributed by atoms with Crippen LogP contribution in [0.15, 0.2) is 64.6 Å². The van der Waals surface area contributed by atoms with E-state index in [-0.39, 0.29) is 22.1 Å². The Morgan fingerprint density at radius 2 is 1.54 bits per heavy atom. The second-order valence-electron chi connectivity index (χ2n) is 8.66. The number of sulfonamides is 1. The maximum absolute atomic E-state index is 14.0. The lowest BCUT2D eigenvalue weighted by atomic mass is 10.1. The number of anilines is 1. The SMILES string of the molecule is COc1ccc(OC)c(N(CC(=O)N/N=C(/C)c2ccc3c(c2)OCCO3)S(=O)(=O)c2ccc(OC)c(OC)c2)c1. The quantitative estimate of drug-likeness (QED) is 0.266.